The lowest BCUT2D eigenvalue weighted by atomic mass is 9.85. The molecule has 0 aromatic heterocycles. The fourth-order valence-corrected chi connectivity index (χ4v) is 1.49. The minimum Gasteiger partial charge on any atom is -0.481 e. The van der Waals surface area contributed by atoms with Crippen LogP contribution in [0.3, 0.4) is 0 Å². The molecule has 100 valence electrons. The van der Waals surface area contributed by atoms with Crippen LogP contribution in [0.25, 0.3) is 0 Å². The maximum atomic E-state index is 11.8. The van der Waals surface area contributed by atoms with E-state index in [9.17, 15) is 9.59 Å². The first-order valence-corrected chi connectivity index (χ1v) is 5.82. The van der Waals surface area contributed by atoms with E-state index >= 15 is 0 Å². The molecule has 0 fully saturated rings. The topological polar surface area (TPSA) is 66.8 Å². The van der Waals surface area contributed by atoms with Crippen molar-refractivity contribution in [3.63, 3.8) is 0 Å². The Balaban J connectivity index is 4.09. The first kappa shape index (κ1) is 15.9. The minimum absolute atomic E-state index is 0.00194. The number of rotatable bonds is 8. The highest BCUT2D eigenvalue weighted by Gasteiger charge is 2.26. The van der Waals surface area contributed by atoms with E-state index in [1.165, 1.54) is 0 Å². The molecule has 0 rings (SSSR count). The standard InChI is InChI=1S/C12H23NO4/c1-5-17-7-6-13(4)10(14)8-12(2,3)9-11(15)16/h5-9H2,1-4H3,(H,15,16). The minimum atomic E-state index is -0.875. The Morgan fingerprint density at radius 2 is 1.88 bits per heavy atom. The lowest BCUT2D eigenvalue weighted by molar-refractivity contribution is -0.140. The molecule has 5 nitrogen and oxygen atoms in total. The third-order valence-electron chi connectivity index (χ3n) is 2.46. The lowest BCUT2D eigenvalue weighted by Crippen LogP contribution is -2.34. The van der Waals surface area contributed by atoms with Crippen LogP contribution in [0.1, 0.15) is 33.6 Å². The molecule has 0 bridgehead atoms. The molecule has 0 aromatic rings. The molecule has 0 aliphatic rings. The van der Waals surface area contributed by atoms with Gasteiger partial charge in [0.1, 0.15) is 0 Å². The largest absolute Gasteiger partial charge is 0.481 e. The van der Waals surface area contributed by atoms with Gasteiger partial charge in [0.05, 0.1) is 13.0 Å². The summed E-state index contributed by atoms with van der Waals surface area (Å²) in [5.41, 5.74) is -0.511. The van der Waals surface area contributed by atoms with Crippen molar-refractivity contribution in [1.82, 2.24) is 4.90 Å². The van der Waals surface area contributed by atoms with Crippen LogP contribution in [-0.4, -0.2) is 48.7 Å². The monoisotopic (exact) mass is 245 g/mol. The number of amides is 1. The molecular weight excluding hydrogens is 222 g/mol. The molecule has 0 unspecified atom stereocenters. The molecule has 1 amide bonds. The molecule has 0 aromatic carbocycles. The zero-order valence-corrected chi connectivity index (χ0v) is 11.2. The summed E-state index contributed by atoms with van der Waals surface area (Å²) in [5, 5.41) is 8.73. The van der Waals surface area contributed by atoms with Crippen molar-refractivity contribution in [3.8, 4) is 0 Å². The van der Waals surface area contributed by atoms with E-state index < -0.39 is 11.4 Å². The number of carboxylic acid groups (broad SMARTS) is 1. The van der Waals surface area contributed by atoms with Gasteiger partial charge >= 0.3 is 5.97 Å². The summed E-state index contributed by atoms with van der Waals surface area (Å²) in [6.07, 6.45) is 0.236. The second kappa shape index (κ2) is 7.27. The lowest BCUT2D eigenvalue weighted by Gasteiger charge is -2.25. The maximum Gasteiger partial charge on any atom is 0.303 e. The maximum absolute atomic E-state index is 11.8. The van der Waals surface area contributed by atoms with E-state index in [-0.39, 0.29) is 18.7 Å². The third-order valence-corrected chi connectivity index (χ3v) is 2.46. The second-order valence-corrected chi connectivity index (χ2v) is 4.92. The van der Waals surface area contributed by atoms with E-state index in [0.717, 1.165) is 0 Å². The zero-order chi connectivity index (χ0) is 13.5. The highest BCUT2D eigenvalue weighted by molar-refractivity contribution is 5.77. The van der Waals surface area contributed by atoms with Crippen molar-refractivity contribution in [2.24, 2.45) is 5.41 Å². The fourth-order valence-electron chi connectivity index (χ4n) is 1.49. The molecule has 0 aliphatic heterocycles. The number of hydrogen-bond acceptors (Lipinski definition) is 3. The number of aliphatic carboxylic acids is 1. The van der Waals surface area contributed by atoms with Gasteiger partial charge in [-0.3, -0.25) is 9.59 Å². The fraction of sp³-hybridized carbons (Fsp3) is 0.833. The van der Waals surface area contributed by atoms with Crippen LogP contribution in [0.5, 0.6) is 0 Å². The molecule has 1 N–H and O–H groups in total. The number of nitrogens with zero attached hydrogens (tertiary/aromatic N) is 1. The highest BCUT2D eigenvalue weighted by Crippen LogP contribution is 2.25. The quantitative estimate of drug-likeness (QED) is 0.656. The molecule has 0 heterocycles. The number of carbonyl (C=O) groups excluding carboxylic acids is 1. The summed E-state index contributed by atoms with van der Waals surface area (Å²) in [6.45, 7) is 7.16. The van der Waals surface area contributed by atoms with Crippen molar-refractivity contribution in [2.45, 2.75) is 33.6 Å². The number of carboxylic acids is 1. The first-order valence-electron chi connectivity index (χ1n) is 5.82. The summed E-state index contributed by atoms with van der Waals surface area (Å²) in [6, 6.07) is 0. The summed E-state index contributed by atoms with van der Waals surface area (Å²) in [5.74, 6) is -0.921. The van der Waals surface area contributed by atoms with Crippen LogP contribution in [0, 0.1) is 5.41 Å². The summed E-state index contributed by atoms with van der Waals surface area (Å²) in [7, 11) is 1.71. The van der Waals surface area contributed by atoms with Crippen LogP contribution >= 0.6 is 0 Å². The molecule has 0 atom stereocenters. The van der Waals surface area contributed by atoms with Gasteiger partial charge in [0.2, 0.25) is 5.91 Å². The van der Waals surface area contributed by atoms with E-state index in [0.29, 0.717) is 19.8 Å². The smallest absolute Gasteiger partial charge is 0.303 e. The van der Waals surface area contributed by atoms with Gasteiger partial charge in [-0.15, -0.1) is 0 Å². The molecule has 0 saturated heterocycles. The van der Waals surface area contributed by atoms with Crippen molar-refractivity contribution < 1.29 is 19.4 Å². The number of ether oxygens (including phenoxy) is 1. The Morgan fingerprint density at radius 1 is 1.29 bits per heavy atom. The van der Waals surface area contributed by atoms with Crippen molar-refractivity contribution >= 4 is 11.9 Å². The van der Waals surface area contributed by atoms with Crippen molar-refractivity contribution in [3.05, 3.63) is 0 Å². The highest BCUT2D eigenvalue weighted by atomic mass is 16.5. The number of hydrogen-bond donors (Lipinski definition) is 1. The number of carbonyl (C=O) groups is 2. The van der Waals surface area contributed by atoms with E-state index in [1.807, 2.05) is 6.92 Å². The van der Waals surface area contributed by atoms with Gasteiger partial charge in [0.25, 0.3) is 0 Å². The first-order chi connectivity index (χ1) is 7.78. The Hall–Kier alpha value is -1.10. The second-order valence-electron chi connectivity index (χ2n) is 4.92. The SMILES string of the molecule is CCOCCN(C)C(=O)CC(C)(C)CC(=O)O. The van der Waals surface area contributed by atoms with E-state index in [2.05, 4.69) is 0 Å². The number of likely N-dealkylation sites (N-methyl/N-ethyl adjacent to an activating group) is 1. The summed E-state index contributed by atoms with van der Waals surface area (Å²) >= 11 is 0. The van der Waals surface area contributed by atoms with Crippen LogP contribution in [0.2, 0.25) is 0 Å². The van der Waals surface area contributed by atoms with E-state index in [1.54, 1.807) is 25.8 Å². The Bertz CT molecular complexity index is 263. The van der Waals surface area contributed by atoms with Gasteiger partial charge in [0, 0.05) is 26.6 Å². The molecule has 17 heavy (non-hydrogen) atoms. The van der Waals surface area contributed by atoms with Crippen LogP contribution in [0.4, 0.5) is 0 Å². The molecule has 0 saturated carbocycles. The van der Waals surface area contributed by atoms with Gasteiger partial charge in [-0.2, -0.15) is 0 Å². The Labute approximate surface area is 103 Å². The van der Waals surface area contributed by atoms with Crippen molar-refractivity contribution in [2.75, 3.05) is 26.8 Å². The predicted octanol–water partition coefficient (Wildman–Crippen LogP) is 1.37. The molecule has 0 radical (unpaired) electrons. The summed E-state index contributed by atoms with van der Waals surface area (Å²) in [4.78, 5) is 24.0. The predicted molar refractivity (Wildman–Crippen MR) is 64.8 cm³/mol. The molecular formula is C12H23NO4. The average Bonchev–Trinajstić information content (AvgIpc) is 2.14. The molecule has 5 heteroatoms. The van der Waals surface area contributed by atoms with Gasteiger partial charge in [-0.25, -0.2) is 0 Å². The van der Waals surface area contributed by atoms with Crippen LogP contribution in [-0.2, 0) is 14.3 Å². The van der Waals surface area contributed by atoms with Gasteiger partial charge < -0.3 is 14.7 Å². The molecule has 0 spiro atoms. The molecule has 0 aliphatic carbocycles. The average molecular weight is 245 g/mol. The van der Waals surface area contributed by atoms with Gasteiger partial charge in [-0.1, -0.05) is 13.8 Å². The van der Waals surface area contributed by atoms with Gasteiger partial charge in [-0.05, 0) is 12.3 Å². The van der Waals surface area contributed by atoms with Crippen molar-refractivity contribution in [1.29, 1.82) is 0 Å². The van der Waals surface area contributed by atoms with Crippen LogP contribution < -0.4 is 0 Å². The Kier molecular flexibility index (Phi) is 6.80. The third kappa shape index (κ3) is 7.74. The van der Waals surface area contributed by atoms with Gasteiger partial charge in [0.15, 0.2) is 0 Å². The van der Waals surface area contributed by atoms with E-state index in [4.69, 9.17) is 9.84 Å². The Morgan fingerprint density at radius 3 is 2.35 bits per heavy atom. The zero-order valence-electron chi connectivity index (χ0n) is 11.2. The summed E-state index contributed by atoms with van der Waals surface area (Å²) < 4.78 is 5.16. The normalized spacial score (nSPS) is 11.3. The van der Waals surface area contributed by atoms with Crippen LogP contribution in [0.15, 0.2) is 0 Å².